The smallest absolute Gasteiger partial charge is 0.0667 e. The Kier molecular flexibility index (Phi) is 9.47. The normalized spacial score (nSPS) is 10.9. The molecule has 1 heteroatoms. The van der Waals surface area contributed by atoms with Crippen LogP contribution in [0, 0.1) is 0 Å². The van der Waals surface area contributed by atoms with Crippen LogP contribution in [0.4, 0.5) is 0 Å². The number of hydrogen-bond acceptors (Lipinski definition) is 0. The predicted octanol–water partition coefficient (Wildman–Crippen LogP) is 6.23. The second kappa shape index (κ2) is 12.5. The zero-order valence-electron chi connectivity index (χ0n) is 19.9. The molecule has 0 saturated carbocycles. The van der Waals surface area contributed by atoms with Gasteiger partial charge in [0.15, 0.2) is 0 Å². The van der Waals surface area contributed by atoms with Crippen molar-refractivity contribution in [3.63, 3.8) is 0 Å². The maximum atomic E-state index is 2.39. The Morgan fingerprint density at radius 2 is 0.742 bits per heavy atom. The molecule has 0 aliphatic heterocycles. The molecule has 0 bridgehead atoms. The number of hydrogen-bond donors (Lipinski definition) is 0. The van der Waals surface area contributed by atoms with Crippen molar-refractivity contribution in [2.24, 2.45) is 0 Å². The fraction of sp³-hybridized carbons (Fsp3) is 0.400. The Morgan fingerprint density at radius 3 is 1.03 bits per heavy atom. The average molecular weight is 410 g/mol. The monoisotopic (exact) mass is 410 g/mol. The summed E-state index contributed by atoms with van der Waals surface area (Å²) in [7, 11) is 0. The summed E-state index contributed by atoms with van der Waals surface area (Å²) in [5.41, 5.74) is 9.07. The Hall–Kier alpha value is -2.28. The summed E-state index contributed by atoms with van der Waals surface area (Å²) < 4.78 is 0. The van der Waals surface area contributed by atoms with E-state index in [4.69, 9.17) is 0 Å². The van der Waals surface area contributed by atoms with E-state index in [0.29, 0.717) is 6.71 Å². The molecule has 0 spiro atoms. The molecule has 0 aromatic heterocycles. The topological polar surface area (TPSA) is 0 Å². The lowest BCUT2D eigenvalue weighted by Crippen LogP contribution is -2.55. The van der Waals surface area contributed by atoms with Crippen LogP contribution in [0.25, 0.3) is 0 Å². The SMILES string of the molecule is CCCCc1ccccc1B(c1ccccc1CCCC)c1ccccc1CCCC. The van der Waals surface area contributed by atoms with Crippen molar-refractivity contribution in [3.8, 4) is 0 Å². The molecule has 0 fully saturated rings. The van der Waals surface area contributed by atoms with Gasteiger partial charge < -0.3 is 0 Å². The summed E-state index contributed by atoms with van der Waals surface area (Å²) in [5.74, 6) is 0. The molecule has 0 heterocycles. The lowest BCUT2D eigenvalue weighted by molar-refractivity contribution is 0.796. The highest BCUT2D eigenvalue weighted by atomic mass is 14.1. The minimum absolute atomic E-state index is 0.314. The van der Waals surface area contributed by atoms with Gasteiger partial charge in [-0.25, -0.2) is 0 Å². The first-order valence-corrected chi connectivity index (χ1v) is 12.5. The first-order chi connectivity index (χ1) is 15.3. The van der Waals surface area contributed by atoms with Gasteiger partial charge in [0, 0.05) is 0 Å². The van der Waals surface area contributed by atoms with Crippen LogP contribution in [0.15, 0.2) is 72.8 Å². The molecular formula is C30H39B. The van der Waals surface area contributed by atoms with Crippen molar-refractivity contribution in [2.75, 3.05) is 0 Å². The summed E-state index contributed by atoms with van der Waals surface area (Å²) in [4.78, 5) is 0. The number of unbranched alkanes of at least 4 members (excludes halogenated alkanes) is 3. The van der Waals surface area contributed by atoms with Gasteiger partial charge in [0.05, 0.1) is 0 Å². The molecule has 0 N–H and O–H groups in total. The number of benzene rings is 3. The standard InChI is InChI=1S/C30H39B/c1-4-7-16-25-19-10-13-22-28(25)31(29-23-14-11-20-26(29)17-8-5-2)30-24-15-12-21-27(30)18-9-6-3/h10-15,19-24H,4-9,16-18H2,1-3H3. The van der Waals surface area contributed by atoms with Crippen molar-refractivity contribution < 1.29 is 0 Å². The van der Waals surface area contributed by atoms with E-state index in [-0.39, 0.29) is 0 Å². The summed E-state index contributed by atoms with van der Waals surface area (Å²) in [6, 6.07) is 27.6. The summed E-state index contributed by atoms with van der Waals surface area (Å²) in [5, 5.41) is 0. The maximum Gasteiger partial charge on any atom is 0.242 e. The predicted molar refractivity (Wildman–Crippen MR) is 140 cm³/mol. The van der Waals surface area contributed by atoms with E-state index in [9.17, 15) is 0 Å². The largest absolute Gasteiger partial charge is 0.242 e. The summed E-state index contributed by atoms with van der Waals surface area (Å²) >= 11 is 0. The molecule has 0 aliphatic carbocycles. The lowest BCUT2D eigenvalue weighted by Gasteiger charge is -2.24. The van der Waals surface area contributed by atoms with Crippen LogP contribution in [-0.4, -0.2) is 6.71 Å². The molecule has 0 saturated heterocycles. The molecule has 0 unspecified atom stereocenters. The van der Waals surface area contributed by atoms with Crippen molar-refractivity contribution in [3.05, 3.63) is 89.5 Å². The Bertz CT molecular complexity index is 805. The van der Waals surface area contributed by atoms with Gasteiger partial charge in [0.1, 0.15) is 0 Å². The zero-order valence-corrected chi connectivity index (χ0v) is 19.9. The van der Waals surface area contributed by atoms with Crippen molar-refractivity contribution in [1.82, 2.24) is 0 Å². The van der Waals surface area contributed by atoms with Gasteiger partial charge in [0.2, 0.25) is 6.71 Å². The highest BCUT2D eigenvalue weighted by molar-refractivity contribution is 6.96. The Balaban J connectivity index is 2.18. The van der Waals surface area contributed by atoms with Crippen molar-refractivity contribution in [2.45, 2.75) is 78.6 Å². The van der Waals surface area contributed by atoms with Crippen LogP contribution in [0.5, 0.6) is 0 Å². The van der Waals surface area contributed by atoms with Gasteiger partial charge in [-0.2, -0.15) is 0 Å². The van der Waals surface area contributed by atoms with E-state index >= 15 is 0 Å². The van der Waals surface area contributed by atoms with Crippen LogP contribution >= 0.6 is 0 Å². The lowest BCUT2D eigenvalue weighted by atomic mass is 9.34. The molecule has 0 nitrogen and oxygen atoms in total. The van der Waals surface area contributed by atoms with Crippen LogP contribution in [0.2, 0.25) is 0 Å². The molecule has 31 heavy (non-hydrogen) atoms. The quantitative estimate of drug-likeness (QED) is 0.311. The second-order valence-corrected chi connectivity index (χ2v) is 8.84. The molecule has 162 valence electrons. The highest BCUT2D eigenvalue weighted by Crippen LogP contribution is 2.12. The van der Waals surface area contributed by atoms with E-state index in [2.05, 4.69) is 93.6 Å². The molecule has 0 aliphatic rings. The van der Waals surface area contributed by atoms with E-state index in [0.717, 1.165) is 19.3 Å². The minimum Gasteiger partial charge on any atom is -0.0667 e. The van der Waals surface area contributed by atoms with Gasteiger partial charge in [-0.1, -0.05) is 146 Å². The molecule has 3 aromatic rings. The Labute approximate surface area is 191 Å². The van der Waals surface area contributed by atoms with Gasteiger partial charge in [-0.3, -0.25) is 0 Å². The van der Waals surface area contributed by atoms with Crippen LogP contribution < -0.4 is 16.4 Å². The van der Waals surface area contributed by atoms with Crippen LogP contribution in [0.3, 0.4) is 0 Å². The van der Waals surface area contributed by atoms with Crippen molar-refractivity contribution >= 4 is 23.1 Å². The van der Waals surface area contributed by atoms with Gasteiger partial charge in [0.25, 0.3) is 0 Å². The second-order valence-electron chi connectivity index (χ2n) is 8.84. The third kappa shape index (κ3) is 6.13. The van der Waals surface area contributed by atoms with Gasteiger partial charge >= 0.3 is 0 Å². The third-order valence-electron chi connectivity index (χ3n) is 6.50. The third-order valence-corrected chi connectivity index (χ3v) is 6.50. The van der Waals surface area contributed by atoms with Crippen LogP contribution in [0.1, 0.15) is 76.0 Å². The van der Waals surface area contributed by atoms with E-state index in [1.165, 1.54) is 71.6 Å². The fourth-order valence-corrected chi connectivity index (χ4v) is 4.73. The number of rotatable bonds is 12. The average Bonchev–Trinajstić information content (AvgIpc) is 2.82. The first kappa shape index (κ1) is 23.4. The van der Waals surface area contributed by atoms with E-state index in [1.54, 1.807) is 0 Å². The van der Waals surface area contributed by atoms with Gasteiger partial charge in [-0.15, -0.1) is 0 Å². The molecule has 3 rings (SSSR count). The van der Waals surface area contributed by atoms with E-state index in [1.807, 2.05) is 0 Å². The van der Waals surface area contributed by atoms with Crippen LogP contribution in [-0.2, 0) is 19.3 Å². The highest BCUT2D eigenvalue weighted by Gasteiger charge is 2.27. The molecular weight excluding hydrogens is 371 g/mol. The summed E-state index contributed by atoms with van der Waals surface area (Å²) in [6.07, 6.45) is 10.9. The molecule has 3 aromatic carbocycles. The molecule has 0 amide bonds. The van der Waals surface area contributed by atoms with E-state index < -0.39 is 0 Å². The molecule has 0 radical (unpaired) electrons. The fourth-order valence-electron chi connectivity index (χ4n) is 4.73. The number of aryl methyl sites for hydroxylation is 3. The molecule has 0 atom stereocenters. The maximum absolute atomic E-state index is 2.39. The van der Waals surface area contributed by atoms with Gasteiger partial charge in [-0.05, 0) is 38.5 Å². The minimum atomic E-state index is 0.314. The van der Waals surface area contributed by atoms with Crippen molar-refractivity contribution in [1.29, 1.82) is 0 Å². The first-order valence-electron chi connectivity index (χ1n) is 12.5. The zero-order chi connectivity index (χ0) is 21.9. The summed E-state index contributed by atoms with van der Waals surface area (Å²) in [6.45, 7) is 7.19. The Morgan fingerprint density at radius 1 is 0.452 bits per heavy atom.